The first-order valence-electron chi connectivity index (χ1n) is 13.7. The Morgan fingerprint density at radius 2 is 1.76 bits per heavy atom. The summed E-state index contributed by atoms with van der Waals surface area (Å²) in [4.78, 5) is 19.9. The van der Waals surface area contributed by atoms with E-state index in [0.717, 1.165) is 69.1 Å². The van der Waals surface area contributed by atoms with Gasteiger partial charge in [-0.1, -0.05) is 19.4 Å². The molecule has 38 heavy (non-hydrogen) atoms. The zero-order valence-electron chi connectivity index (χ0n) is 21.5. The number of piperidine rings is 1. The first-order valence-corrected chi connectivity index (χ1v) is 13.7. The van der Waals surface area contributed by atoms with Crippen LogP contribution >= 0.6 is 0 Å². The topological polar surface area (TPSA) is 98.4 Å². The van der Waals surface area contributed by atoms with E-state index in [-0.39, 0.29) is 0 Å². The average Bonchev–Trinajstić information content (AvgIpc) is 3.73. The van der Waals surface area contributed by atoms with Gasteiger partial charge in [0.2, 0.25) is 0 Å². The van der Waals surface area contributed by atoms with Gasteiger partial charge in [0, 0.05) is 59.3 Å². The number of aromatic amines is 2. The van der Waals surface area contributed by atoms with E-state index in [4.69, 9.17) is 4.98 Å². The van der Waals surface area contributed by atoms with E-state index in [9.17, 15) is 0 Å². The number of aromatic nitrogens is 6. The van der Waals surface area contributed by atoms with Crippen molar-refractivity contribution in [3.05, 3.63) is 61.3 Å². The number of hydrogen-bond donors (Lipinski definition) is 3. The van der Waals surface area contributed by atoms with Crippen LogP contribution in [0.5, 0.6) is 0 Å². The van der Waals surface area contributed by atoms with Gasteiger partial charge in [-0.15, -0.1) is 0 Å². The Hall–Kier alpha value is -4.20. The van der Waals surface area contributed by atoms with Crippen LogP contribution in [0.15, 0.2) is 61.3 Å². The molecule has 2 aliphatic rings. The van der Waals surface area contributed by atoms with Gasteiger partial charge in [-0.05, 0) is 62.3 Å². The summed E-state index contributed by atoms with van der Waals surface area (Å²) < 4.78 is 0. The monoisotopic (exact) mass is 504 g/mol. The minimum atomic E-state index is 0.548. The van der Waals surface area contributed by atoms with E-state index < -0.39 is 0 Å². The molecule has 0 atom stereocenters. The van der Waals surface area contributed by atoms with E-state index in [2.05, 4.69) is 60.1 Å². The molecule has 2 fully saturated rings. The minimum absolute atomic E-state index is 0.548. The lowest BCUT2D eigenvalue weighted by Crippen LogP contribution is -2.30. The number of allylic oxidation sites excluding steroid dienone is 1. The summed E-state index contributed by atoms with van der Waals surface area (Å²) >= 11 is 0. The van der Waals surface area contributed by atoms with Crippen molar-refractivity contribution in [2.75, 3.05) is 23.3 Å². The lowest BCUT2D eigenvalue weighted by Gasteiger charge is -2.28. The highest BCUT2D eigenvalue weighted by molar-refractivity contribution is 5.99. The standard InChI is InChI=1S/C30H32N8/c1-19(20-7-3-4-8-20)34-23-13-21(16-31-18-23)22-14-25-28(36-37-29(25)33-17-22)27-15-24-26(35-27)9-10-32-30(24)38-11-5-2-6-12-38/h9-10,13-18,20,34-35H,1-8,11-12H2,(H,33,36,37). The van der Waals surface area contributed by atoms with Crippen LogP contribution in [-0.2, 0) is 0 Å². The third-order valence-electron chi connectivity index (χ3n) is 8.09. The molecule has 0 amide bonds. The fourth-order valence-electron chi connectivity index (χ4n) is 6.02. The maximum absolute atomic E-state index is 4.74. The van der Waals surface area contributed by atoms with E-state index >= 15 is 0 Å². The molecule has 0 radical (unpaired) electrons. The summed E-state index contributed by atoms with van der Waals surface area (Å²) in [6.45, 7) is 6.41. The van der Waals surface area contributed by atoms with Crippen LogP contribution in [0.25, 0.3) is 44.5 Å². The molecular weight excluding hydrogens is 472 g/mol. The Bertz CT molecular complexity index is 1620. The second kappa shape index (κ2) is 9.59. The third-order valence-corrected chi connectivity index (χ3v) is 8.09. The Morgan fingerprint density at radius 3 is 2.63 bits per heavy atom. The predicted molar refractivity (Wildman–Crippen MR) is 153 cm³/mol. The summed E-state index contributed by atoms with van der Waals surface area (Å²) in [5.41, 5.74) is 7.71. The zero-order chi connectivity index (χ0) is 25.5. The second-order valence-corrected chi connectivity index (χ2v) is 10.6. The van der Waals surface area contributed by atoms with Gasteiger partial charge in [-0.25, -0.2) is 9.97 Å². The lowest BCUT2D eigenvalue weighted by molar-refractivity contribution is 0.575. The molecule has 1 saturated heterocycles. The van der Waals surface area contributed by atoms with E-state index in [1.54, 1.807) is 0 Å². The van der Waals surface area contributed by atoms with Crippen LogP contribution in [0.2, 0.25) is 0 Å². The summed E-state index contributed by atoms with van der Waals surface area (Å²) in [5.74, 6) is 1.61. The molecule has 3 N–H and O–H groups in total. The molecule has 0 aromatic carbocycles. The summed E-state index contributed by atoms with van der Waals surface area (Å²) in [6.07, 6.45) is 16.2. The lowest BCUT2D eigenvalue weighted by atomic mass is 10.0. The molecule has 8 heteroatoms. The largest absolute Gasteiger partial charge is 0.358 e. The number of nitrogens with one attached hydrogen (secondary N) is 3. The molecule has 0 spiro atoms. The van der Waals surface area contributed by atoms with Crippen molar-refractivity contribution in [2.24, 2.45) is 5.92 Å². The normalized spacial score (nSPS) is 16.5. The molecule has 5 aromatic rings. The van der Waals surface area contributed by atoms with Gasteiger partial charge < -0.3 is 15.2 Å². The van der Waals surface area contributed by atoms with Crippen molar-refractivity contribution in [1.29, 1.82) is 0 Å². The van der Waals surface area contributed by atoms with E-state index in [1.807, 2.05) is 30.9 Å². The molecule has 0 bridgehead atoms. The number of anilines is 2. The third kappa shape index (κ3) is 4.20. The molecule has 0 unspecified atom stereocenters. The van der Waals surface area contributed by atoms with Crippen molar-refractivity contribution in [3.8, 4) is 22.5 Å². The molecular formula is C30H32N8. The van der Waals surface area contributed by atoms with Crippen LogP contribution < -0.4 is 10.2 Å². The molecule has 1 aliphatic heterocycles. The Balaban J connectivity index is 1.22. The number of rotatable bonds is 6. The highest BCUT2D eigenvalue weighted by Crippen LogP contribution is 2.35. The maximum atomic E-state index is 4.74. The fourth-order valence-corrected chi connectivity index (χ4v) is 6.02. The quantitative estimate of drug-likeness (QED) is 0.239. The molecule has 192 valence electrons. The van der Waals surface area contributed by atoms with Gasteiger partial charge in [0.25, 0.3) is 0 Å². The molecule has 5 aromatic heterocycles. The highest BCUT2D eigenvalue weighted by Gasteiger charge is 2.20. The van der Waals surface area contributed by atoms with Crippen LogP contribution in [-0.4, -0.2) is 43.2 Å². The Morgan fingerprint density at radius 1 is 0.921 bits per heavy atom. The second-order valence-electron chi connectivity index (χ2n) is 10.6. The van der Waals surface area contributed by atoms with Gasteiger partial charge in [0.05, 0.1) is 28.8 Å². The summed E-state index contributed by atoms with van der Waals surface area (Å²) in [5, 5.41) is 13.3. The van der Waals surface area contributed by atoms with E-state index in [0.29, 0.717) is 11.6 Å². The molecule has 6 heterocycles. The maximum Gasteiger partial charge on any atom is 0.181 e. The van der Waals surface area contributed by atoms with Crippen molar-refractivity contribution in [1.82, 2.24) is 30.1 Å². The SMILES string of the molecule is C=C(Nc1cncc(-c2cnc3n[nH]c(-c4cc5c(N6CCCCC6)nccc5[nH]4)c3c2)c1)C1CCCC1. The minimum Gasteiger partial charge on any atom is -0.358 e. The number of pyridine rings is 3. The Kier molecular flexibility index (Phi) is 5.80. The smallest absolute Gasteiger partial charge is 0.181 e. The number of hydrogen-bond acceptors (Lipinski definition) is 6. The van der Waals surface area contributed by atoms with Crippen molar-refractivity contribution < 1.29 is 0 Å². The molecule has 1 saturated carbocycles. The summed E-state index contributed by atoms with van der Waals surface area (Å²) in [6, 6.07) is 8.49. The van der Waals surface area contributed by atoms with E-state index in [1.165, 1.54) is 44.9 Å². The van der Waals surface area contributed by atoms with Crippen LogP contribution in [0, 0.1) is 5.92 Å². The summed E-state index contributed by atoms with van der Waals surface area (Å²) in [7, 11) is 0. The van der Waals surface area contributed by atoms with Gasteiger partial charge in [-0.3, -0.25) is 10.1 Å². The average molecular weight is 505 g/mol. The number of nitrogens with zero attached hydrogens (tertiary/aromatic N) is 5. The van der Waals surface area contributed by atoms with Gasteiger partial charge >= 0.3 is 0 Å². The van der Waals surface area contributed by atoms with Gasteiger partial charge in [-0.2, -0.15) is 5.10 Å². The fraction of sp³-hybridized carbons (Fsp3) is 0.333. The Labute approximate surface area is 221 Å². The van der Waals surface area contributed by atoms with Crippen LogP contribution in [0.3, 0.4) is 0 Å². The van der Waals surface area contributed by atoms with Crippen molar-refractivity contribution in [2.45, 2.75) is 44.9 Å². The molecule has 7 rings (SSSR count). The van der Waals surface area contributed by atoms with Gasteiger partial charge in [0.1, 0.15) is 5.82 Å². The highest BCUT2D eigenvalue weighted by atomic mass is 15.2. The zero-order valence-corrected chi connectivity index (χ0v) is 21.5. The van der Waals surface area contributed by atoms with Crippen LogP contribution in [0.4, 0.5) is 11.5 Å². The van der Waals surface area contributed by atoms with Crippen LogP contribution in [0.1, 0.15) is 44.9 Å². The first kappa shape index (κ1) is 23.0. The van der Waals surface area contributed by atoms with Crippen molar-refractivity contribution >= 4 is 33.4 Å². The molecule has 8 nitrogen and oxygen atoms in total. The first-order chi connectivity index (χ1) is 18.7. The molecule has 1 aliphatic carbocycles. The number of fused-ring (bicyclic) bond motifs is 2. The van der Waals surface area contributed by atoms with Gasteiger partial charge in [0.15, 0.2) is 5.65 Å². The predicted octanol–water partition coefficient (Wildman–Crippen LogP) is 6.67. The van der Waals surface area contributed by atoms with Crippen molar-refractivity contribution in [3.63, 3.8) is 0 Å². The number of H-pyrrole nitrogens is 2.